The van der Waals surface area contributed by atoms with Gasteiger partial charge in [0.05, 0.1) is 4.90 Å². The Bertz CT molecular complexity index is 735. The molecule has 0 heterocycles. The van der Waals surface area contributed by atoms with Gasteiger partial charge in [-0.1, -0.05) is 48.5 Å². The number of carbonyl (C=O) groups excluding carboxylic acids is 1. The van der Waals surface area contributed by atoms with Crippen LogP contribution in [-0.2, 0) is 14.6 Å². The first-order valence-corrected chi connectivity index (χ1v) is 7.64. The Balaban J connectivity index is 2.56. The topological polar surface area (TPSA) is 51.2 Å². The van der Waals surface area contributed by atoms with E-state index in [9.17, 15) is 13.2 Å². The van der Waals surface area contributed by atoms with Gasteiger partial charge in [0.1, 0.15) is 4.91 Å². The van der Waals surface area contributed by atoms with Crippen molar-refractivity contribution < 1.29 is 13.2 Å². The van der Waals surface area contributed by atoms with Crippen LogP contribution >= 0.6 is 11.6 Å². The fourth-order valence-corrected chi connectivity index (χ4v) is 3.30. The molecule has 0 aliphatic carbocycles. The van der Waals surface area contributed by atoms with Gasteiger partial charge in [-0.2, -0.15) is 0 Å². The van der Waals surface area contributed by atoms with E-state index in [1.807, 2.05) is 0 Å². The highest BCUT2D eigenvalue weighted by molar-refractivity contribution is 7.96. The molecule has 0 amide bonds. The number of hydrogen-bond acceptors (Lipinski definition) is 3. The van der Waals surface area contributed by atoms with Crippen molar-refractivity contribution in [2.45, 2.75) is 4.90 Å². The van der Waals surface area contributed by atoms with E-state index in [0.717, 1.165) is 0 Å². The van der Waals surface area contributed by atoms with Gasteiger partial charge in [0.2, 0.25) is 9.84 Å². The molecule has 0 saturated heterocycles. The molecule has 0 N–H and O–H groups in total. The summed E-state index contributed by atoms with van der Waals surface area (Å²) in [6.45, 7) is 0. The summed E-state index contributed by atoms with van der Waals surface area (Å²) in [6.07, 6.45) is 1.28. The molecule has 0 aliphatic heterocycles. The van der Waals surface area contributed by atoms with Crippen LogP contribution in [0.1, 0.15) is 5.56 Å². The summed E-state index contributed by atoms with van der Waals surface area (Å²) in [4.78, 5) is 11.1. The van der Waals surface area contributed by atoms with Crippen LogP contribution in [-0.4, -0.2) is 13.7 Å². The molecule has 0 fully saturated rings. The van der Waals surface area contributed by atoms with Crippen molar-refractivity contribution in [1.82, 2.24) is 0 Å². The summed E-state index contributed by atoms with van der Waals surface area (Å²) in [6, 6.07) is 16.4. The predicted octanol–water partition coefficient (Wildman–Crippen LogP) is 3.27. The molecular weight excluding hydrogens is 296 g/mol. The first-order chi connectivity index (χ1) is 9.51. The van der Waals surface area contributed by atoms with Crippen LogP contribution in [0.2, 0.25) is 0 Å². The number of allylic oxidation sites excluding steroid dienone is 1. The number of halogens is 1. The van der Waals surface area contributed by atoms with E-state index in [-0.39, 0.29) is 4.90 Å². The molecule has 102 valence electrons. The molecule has 5 heteroatoms. The molecular formula is C15H11ClO3S. The van der Waals surface area contributed by atoms with Crippen LogP contribution in [0, 0.1) is 0 Å². The van der Waals surface area contributed by atoms with Crippen LogP contribution in [0.25, 0.3) is 6.08 Å². The molecule has 0 bridgehead atoms. The lowest BCUT2D eigenvalue weighted by Gasteiger charge is -2.05. The largest absolute Gasteiger partial charge is 0.275 e. The predicted molar refractivity (Wildman–Crippen MR) is 78.9 cm³/mol. The van der Waals surface area contributed by atoms with Gasteiger partial charge in [0.25, 0.3) is 5.24 Å². The Hall–Kier alpha value is -1.91. The maximum Gasteiger partial charge on any atom is 0.264 e. The average molecular weight is 307 g/mol. The highest BCUT2D eigenvalue weighted by atomic mass is 35.5. The number of rotatable bonds is 4. The van der Waals surface area contributed by atoms with E-state index in [1.54, 1.807) is 48.5 Å². The molecule has 0 saturated carbocycles. The van der Waals surface area contributed by atoms with Crippen LogP contribution in [0.15, 0.2) is 70.5 Å². The normalized spacial score (nSPS) is 12.2. The standard InChI is InChI=1S/C15H11ClO3S/c16-15(17)14(11-12-7-3-1-4-8-12)20(18,19)13-9-5-2-6-10-13/h1-11H/b14-11-. The van der Waals surface area contributed by atoms with Crippen molar-refractivity contribution >= 4 is 32.8 Å². The zero-order valence-corrected chi connectivity index (χ0v) is 11.9. The molecule has 2 aromatic carbocycles. The van der Waals surface area contributed by atoms with Crippen LogP contribution in [0.4, 0.5) is 0 Å². The minimum Gasteiger partial charge on any atom is -0.275 e. The third-order valence-electron chi connectivity index (χ3n) is 2.63. The highest BCUT2D eigenvalue weighted by Gasteiger charge is 2.25. The summed E-state index contributed by atoms with van der Waals surface area (Å²) in [5.74, 6) is 0. The zero-order valence-electron chi connectivity index (χ0n) is 10.4. The van der Waals surface area contributed by atoms with Gasteiger partial charge in [-0.15, -0.1) is 0 Å². The molecule has 0 spiro atoms. The van der Waals surface area contributed by atoms with Gasteiger partial charge in [-0.25, -0.2) is 8.42 Å². The zero-order chi connectivity index (χ0) is 14.6. The van der Waals surface area contributed by atoms with Crippen LogP contribution < -0.4 is 0 Å². The smallest absolute Gasteiger partial charge is 0.264 e. The third-order valence-corrected chi connectivity index (χ3v) is 4.72. The van der Waals surface area contributed by atoms with Crippen molar-refractivity contribution in [3.8, 4) is 0 Å². The lowest BCUT2D eigenvalue weighted by Crippen LogP contribution is -2.10. The molecule has 0 unspecified atom stereocenters. The van der Waals surface area contributed by atoms with E-state index in [4.69, 9.17) is 11.6 Å². The highest BCUT2D eigenvalue weighted by Crippen LogP contribution is 2.23. The van der Waals surface area contributed by atoms with Gasteiger partial charge >= 0.3 is 0 Å². The SMILES string of the molecule is O=C(Cl)/C(=C/c1ccccc1)S(=O)(=O)c1ccccc1. The third kappa shape index (κ3) is 3.15. The minimum atomic E-state index is -3.92. The maximum atomic E-state index is 12.4. The van der Waals surface area contributed by atoms with E-state index in [0.29, 0.717) is 5.56 Å². The second kappa shape index (κ2) is 6.03. The molecule has 3 nitrogen and oxygen atoms in total. The molecule has 2 rings (SSSR count). The Kier molecular flexibility index (Phi) is 4.37. The Morgan fingerprint density at radius 2 is 1.40 bits per heavy atom. The van der Waals surface area contributed by atoms with Gasteiger partial charge < -0.3 is 0 Å². The Morgan fingerprint density at radius 1 is 0.900 bits per heavy atom. The maximum absolute atomic E-state index is 12.4. The van der Waals surface area contributed by atoms with E-state index in [2.05, 4.69) is 0 Å². The number of benzene rings is 2. The molecule has 0 aliphatic rings. The molecule has 0 radical (unpaired) electrons. The van der Waals surface area contributed by atoms with Crippen LogP contribution in [0.5, 0.6) is 0 Å². The van der Waals surface area contributed by atoms with Crippen molar-refractivity contribution in [3.05, 3.63) is 71.1 Å². The Labute approximate surface area is 122 Å². The van der Waals surface area contributed by atoms with E-state index < -0.39 is 20.0 Å². The van der Waals surface area contributed by atoms with Crippen molar-refractivity contribution in [1.29, 1.82) is 0 Å². The number of sulfone groups is 1. The van der Waals surface area contributed by atoms with Crippen LogP contribution in [0.3, 0.4) is 0 Å². The van der Waals surface area contributed by atoms with Crippen molar-refractivity contribution in [3.63, 3.8) is 0 Å². The fourth-order valence-electron chi connectivity index (χ4n) is 1.67. The van der Waals surface area contributed by atoms with Crippen molar-refractivity contribution in [2.24, 2.45) is 0 Å². The number of hydrogen-bond donors (Lipinski definition) is 0. The molecule has 2 aromatic rings. The quantitative estimate of drug-likeness (QED) is 0.643. The fraction of sp³-hybridized carbons (Fsp3) is 0. The summed E-state index contributed by atoms with van der Waals surface area (Å²) < 4.78 is 24.8. The van der Waals surface area contributed by atoms with Gasteiger partial charge in [-0.3, -0.25) is 4.79 Å². The molecule has 20 heavy (non-hydrogen) atoms. The van der Waals surface area contributed by atoms with E-state index in [1.165, 1.54) is 18.2 Å². The first kappa shape index (κ1) is 14.5. The second-order valence-corrected chi connectivity index (χ2v) is 6.27. The lowest BCUT2D eigenvalue weighted by atomic mass is 10.2. The monoisotopic (exact) mass is 306 g/mol. The summed E-state index contributed by atoms with van der Waals surface area (Å²) in [5, 5.41) is -1.00. The van der Waals surface area contributed by atoms with E-state index >= 15 is 0 Å². The summed E-state index contributed by atoms with van der Waals surface area (Å²) in [7, 11) is -3.92. The van der Waals surface area contributed by atoms with Gasteiger partial charge in [-0.05, 0) is 35.4 Å². The summed E-state index contributed by atoms with van der Waals surface area (Å²) >= 11 is 5.44. The lowest BCUT2D eigenvalue weighted by molar-refractivity contribution is -0.107. The van der Waals surface area contributed by atoms with Gasteiger partial charge in [0.15, 0.2) is 0 Å². The van der Waals surface area contributed by atoms with Gasteiger partial charge in [0, 0.05) is 0 Å². The minimum absolute atomic E-state index is 0.0381. The Morgan fingerprint density at radius 3 is 1.90 bits per heavy atom. The van der Waals surface area contributed by atoms with Crippen molar-refractivity contribution in [2.75, 3.05) is 0 Å². The molecule has 0 atom stereocenters. The second-order valence-electron chi connectivity index (χ2n) is 4.01. The summed E-state index contributed by atoms with van der Waals surface area (Å²) in [5.41, 5.74) is 0.594. The number of carbonyl (C=O) groups is 1. The molecule has 0 aromatic heterocycles. The average Bonchev–Trinajstić information content (AvgIpc) is 2.46. The first-order valence-electron chi connectivity index (χ1n) is 5.78.